The molecule has 0 bridgehead atoms. The van der Waals surface area contributed by atoms with Crippen LogP contribution < -0.4 is 10.2 Å². The lowest BCUT2D eigenvalue weighted by atomic mass is 10.0. The number of carboxylic acids is 1. The minimum absolute atomic E-state index is 0.163. The van der Waals surface area contributed by atoms with E-state index in [-0.39, 0.29) is 17.9 Å². The first kappa shape index (κ1) is 22.9. The van der Waals surface area contributed by atoms with Crippen molar-refractivity contribution in [2.45, 2.75) is 20.4 Å². The zero-order valence-electron chi connectivity index (χ0n) is 19.4. The number of imide groups is 2. The van der Waals surface area contributed by atoms with E-state index in [1.165, 1.54) is 12.1 Å². The van der Waals surface area contributed by atoms with E-state index in [1.54, 1.807) is 24.4 Å². The number of urea groups is 1. The predicted molar refractivity (Wildman–Crippen MR) is 132 cm³/mol. The summed E-state index contributed by atoms with van der Waals surface area (Å²) < 4.78 is 7.22. The molecule has 36 heavy (non-hydrogen) atoms. The predicted octanol–water partition coefficient (Wildman–Crippen LogP) is 4.26. The van der Waals surface area contributed by atoms with E-state index < -0.39 is 23.8 Å². The zero-order valence-corrected chi connectivity index (χ0v) is 19.4. The van der Waals surface area contributed by atoms with Crippen LogP contribution in [0, 0.1) is 13.8 Å². The first-order chi connectivity index (χ1) is 17.2. The number of aromatic nitrogens is 1. The fourth-order valence-electron chi connectivity index (χ4n) is 4.39. The molecular weight excluding hydrogens is 462 g/mol. The number of anilines is 1. The van der Waals surface area contributed by atoms with Gasteiger partial charge in [0, 0.05) is 22.7 Å². The maximum absolute atomic E-state index is 13.4. The molecule has 0 spiro atoms. The first-order valence-corrected chi connectivity index (χ1v) is 11.1. The van der Waals surface area contributed by atoms with Gasteiger partial charge in [0.15, 0.2) is 0 Å². The van der Waals surface area contributed by atoms with Gasteiger partial charge in [0.25, 0.3) is 11.8 Å². The standard InChI is InChI=1S/C27H21N3O6/c1-15-9-16(2)11-18(10-15)30-25(32)21(24(31)28-27(30)35)12-17-13-29(22-6-4-3-5-20(17)22)14-19-7-8-23(36-19)26(33)34/h3-13H,14H2,1-2H3,(H,33,34)(H,28,31,35)/b21-12+. The molecule has 5 rings (SSSR count). The number of nitrogens with one attached hydrogen (secondary N) is 1. The number of hydrogen-bond donors (Lipinski definition) is 2. The lowest BCUT2D eigenvalue weighted by Gasteiger charge is -2.26. The van der Waals surface area contributed by atoms with E-state index in [9.17, 15) is 19.2 Å². The number of aromatic carboxylic acids is 1. The molecule has 1 saturated heterocycles. The number of carbonyl (C=O) groups is 4. The molecule has 1 aliphatic heterocycles. The summed E-state index contributed by atoms with van der Waals surface area (Å²) in [6, 6.07) is 14.9. The molecule has 3 heterocycles. The van der Waals surface area contributed by atoms with E-state index in [1.807, 2.05) is 48.7 Å². The molecule has 2 aromatic carbocycles. The number of nitrogens with zero attached hydrogens (tertiary/aromatic N) is 2. The number of amides is 4. The Morgan fingerprint density at radius 3 is 2.44 bits per heavy atom. The SMILES string of the molecule is Cc1cc(C)cc(N2C(=O)NC(=O)/C(=C\c3cn(Cc4ccc(C(=O)O)o4)c4ccccc34)C2=O)c1. The van der Waals surface area contributed by atoms with Crippen molar-refractivity contribution in [1.82, 2.24) is 9.88 Å². The third kappa shape index (κ3) is 4.07. The second-order valence-corrected chi connectivity index (χ2v) is 8.60. The summed E-state index contributed by atoms with van der Waals surface area (Å²) in [5.74, 6) is -2.38. The van der Waals surface area contributed by atoms with Crippen molar-refractivity contribution in [3.05, 3.63) is 94.6 Å². The lowest BCUT2D eigenvalue weighted by molar-refractivity contribution is -0.122. The van der Waals surface area contributed by atoms with E-state index in [4.69, 9.17) is 9.52 Å². The van der Waals surface area contributed by atoms with Crippen molar-refractivity contribution in [1.29, 1.82) is 0 Å². The Kier molecular flexibility index (Phi) is 5.52. The summed E-state index contributed by atoms with van der Waals surface area (Å²) >= 11 is 0. The first-order valence-electron chi connectivity index (χ1n) is 11.1. The number of hydrogen-bond acceptors (Lipinski definition) is 5. The Bertz CT molecular complexity index is 1590. The second kappa shape index (κ2) is 8.70. The van der Waals surface area contributed by atoms with Crippen molar-refractivity contribution in [2.75, 3.05) is 4.90 Å². The Hall–Kier alpha value is -4.92. The molecule has 0 unspecified atom stereocenters. The van der Waals surface area contributed by atoms with E-state index in [0.717, 1.165) is 26.9 Å². The third-order valence-corrected chi connectivity index (χ3v) is 5.88. The highest BCUT2D eigenvalue weighted by Gasteiger charge is 2.37. The van der Waals surface area contributed by atoms with E-state index in [0.29, 0.717) is 17.0 Å². The third-order valence-electron chi connectivity index (χ3n) is 5.88. The highest BCUT2D eigenvalue weighted by atomic mass is 16.4. The number of para-hydroxylation sites is 1. The number of barbiturate groups is 1. The summed E-state index contributed by atoms with van der Waals surface area (Å²) in [4.78, 5) is 50.8. The molecule has 9 nitrogen and oxygen atoms in total. The molecule has 180 valence electrons. The highest BCUT2D eigenvalue weighted by Crippen LogP contribution is 2.28. The van der Waals surface area contributed by atoms with Gasteiger partial charge in [-0.05, 0) is 61.4 Å². The fourth-order valence-corrected chi connectivity index (χ4v) is 4.39. The van der Waals surface area contributed by atoms with Crippen LogP contribution in [0.25, 0.3) is 17.0 Å². The Labute approximate surface area is 205 Å². The van der Waals surface area contributed by atoms with Crippen molar-refractivity contribution < 1.29 is 28.7 Å². The van der Waals surface area contributed by atoms with Gasteiger partial charge in [0.1, 0.15) is 11.3 Å². The van der Waals surface area contributed by atoms with Crippen LogP contribution in [0.3, 0.4) is 0 Å². The Balaban J connectivity index is 1.56. The summed E-state index contributed by atoms with van der Waals surface area (Å²) in [6.45, 7) is 3.96. The number of aryl methyl sites for hydroxylation is 2. The molecule has 4 aromatic rings. The quantitative estimate of drug-likeness (QED) is 0.323. The molecular formula is C27H21N3O6. The molecule has 2 aromatic heterocycles. The second-order valence-electron chi connectivity index (χ2n) is 8.60. The Morgan fingerprint density at radius 2 is 1.75 bits per heavy atom. The van der Waals surface area contributed by atoms with Crippen LogP contribution in [0.2, 0.25) is 0 Å². The van der Waals surface area contributed by atoms with E-state index in [2.05, 4.69) is 5.32 Å². The Morgan fingerprint density at radius 1 is 1.03 bits per heavy atom. The van der Waals surface area contributed by atoms with Crippen LogP contribution in [-0.2, 0) is 16.1 Å². The average molecular weight is 483 g/mol. The average Bonchev–Trinajstić information content (AvgIpc) is 3.41. The summed E-state index contributed by atoms with van der Waals surface area (Å²) in [5, 5.41) is 12.1. The monoisotopic (exact) mass is 483 g/mol. The molecule has 0 atom stereocenters. The maximum Gasteiger partial charge on any atom is 0.371 e. The van der Waals surface area contributed by atoms with Gasteiger partial charge < -0.3 is 14.1 Å². The number of fused-ring (bicyclic) bond motifs is 1. The number of rotatable bonds is 5. The summed E-state index contributed by atoms with van der Waals surface area (Å²) in [7, 11) is 0. The van der Waals surface area contributed by atoms with Crippen molar-refractivity contribution in [3.63, 3.8) is 0 Å². The molecule has 4 amide bonds. The van der Waals surface area contributed by atoms with Crippen LogP contribution in [0.5, 0.6) is 0 Å². The summed E-state index contributed by atoms with van der Waals surface area (Å²) in [6.07, 6.45) is 3.21. The smallest absolute Gasteiger partial charge is 0.371 e. The fraction of sp³-hybridized carbons (Fsp3) is 0.111. The van der Waals surface area contributed by atoms with Crippen molar-refractivity contribution in [3.8, 4) is 0 Å². The lowest BCUT2D eigenvalue weighted by Crippen LogP contribution is -2.54. The van der Waals surface area contributed by atoms with Gasteiger partial charge in [-0.1, -0.05) is 24.3 Å². The summed E-state index contributed by atoms with van der Waals surface area (Å²) in [5.41, 5.74) is 3.33. The maximum atomic E-state index is 13.4. The van der Waals surface area contributed by atoms with Crippen molar-refractivity contribution >= 4 is 46.5 Å². The van der Waals surface area contributed by atoms with Gasteiger partial charge in [-0.2, -0.15) is 0 Å². The van der Waals surface area contributed by atoms with E-state index >= 15 is 0 Å². The van der Waals surface area contributed by atoms with Gasteiger partial charge in [0.05, 0.1) is 12.2 Å². The largest absolute Gasteiger partial charge is 0.475 e. The number of benzene rings is 2. The van der Waals surface area contributed by atoms with Gasteiger partial charge in [-0.15, -0.1) is 0 Å². The highest BCUT2D eigenvalue weighted by molar-refractivity contribution is 6.39. The molecule has 9 heteroatoms. The molecule has 0 radical (unpaired) electrons. The molecule has 1 aliphatic rings. The molecule has 1 fully saturated rings. The van der Waals surface area contributed by atoms with Gasteiger partial charge in [-0.3, -0.25) is 14.9 Å². The molecule has 0 saturated carbocycles. The van der Waals surface area contributed by atoms with Crippen LogP contribution in [0.15, 0.2) is 70.8 Å². The number of carbonyl (C=O) groups excluding carboxylic acids is 3. The zero-order chi connectivity index (χ0) is 25.6. The van der Waals surface area contributed by atoms with Crippen LogP contribution >= 0.6 is 0 Å². The topological polar surface area (TPSA) is 122 Å². The molecule has 0 aliphatic carbocycles. The molecule has 2 N–H and O–H groups in total. The van der Waals surface area contributed by atoms with Gasteiger partial charge in [0.2, 0.25) is 5.76 Å². The van der Waals surface area contributed by atoms with Crippen LogP contribution in [0.1, 0.15) is 33.0 Å². The minimum Gasteiger partial charge on any atom is -0.475 e. The van der Waals surface area contributed by atoms with Crippen LogP contribution in [-0.4, -0.2) is 33.5 Å². The van der Waals surface area contributed by atoms with Gasteiger partial charge in [-0.25, -0.2) is 14.5 Å². The minimum atomic E-state index is -1.16. The van der Waals surface area contributed by atoms with Crippen LogP contribution in [0.4, 0.5) is 10.5 Å². The number of carboxylic acid groups (broad SMARTS) is 1. The number of furan rings is 1. The normalized spacial score (nSPS) is 15.1. The van der Waals surface area contributed by atoms with Gasteiger partial charge >= 0.3 is 12.0 Å². The van der Waals surface area contributed by atoms with Crippen molar-refractivity contribution in [2.24, 2.45) is 0 Å².